The monoisotopic (exact) mass is 317 g/mol. The lowest BCUT2D eigenvalue weighted by atomic mass is 10.2. The smallest absolute Gasteiger partial charge is 0.341 e. The van der Waals surface area contributed by atoms with Crippen LogP contribution in [0.2, 0.25) is 0 Å². The number of aromatic carboxylic acids is 1. The summed E-state index contributed by atoms with van der Waals surface area (Å²) in [6.45, 7) is 0.197. The van der Waals surface area contributed by atoms with Gasteiger partial charge < -0.3 is 15.2 Å². The van der Waals surface area contributed by atoms with E-state index in [-0.39, 0.29) is 23.7 Å². The van der Waals surface area contributed by atoms with Gasteiger partial charge >= 0.3 is 5.97 Å². The zero-order valence-electron chi connectivity index (χ0n) is 12.5. The zero-order chi connectivity index (χ0) is 16.4. The maximum absolute atomic E-state index is 13.4. The van der Waals surface area contributed by atoms with Crippen LogP contribution in [0.1, 0.15) is 40.5 Å². The molecule has 1 aliphatic rings. The van der Waals surface area contributed by atoms with E-state index in [4.69, 9.17) is 4.74 Å². The highest BCUT2D eigenvalue weighted by molar-refractivity contribution is 5.92. The van der Waals surface area contributed by atoms with Gasteiger partial charge in [-0.25, -0.2) is 19.2 Å². The first-order valence-corrected chi connectivity index (χ1v) is 7.25. The maximum atomic E-state index is 13.4. The fourth-order valence-electron chi connectivity index (χ4n) is 2.29. The van der Waals surface area contributed by atoms with E-state index in [2.05, 4.69) is 15.3 Å². The summed E-state index contributed by atoms with van der Waals surface area (Å²) in [5, 5.41) is 12.2. The van der Waals surface area contributed by atoms with Gasteiger partial charge in [0.25, 0.3) is 0 Å². The summed E-state index contributed by atoms with van der Waals surface area (Å²) >= 11 is 0. The van der Waals surface area contributed by atoms with Crippen molar-refractivity contribution in [3.05, 3.63) is 47.2 Å². The Labute approximate surface area is 132 Å². The van der Waals surface area contributed by atoms with Crippen molar-refractivity contribution in [1.29, 1.82) is 0 Å². The van der Waals surface area contributed by atoms with Gasteiger partial charge in [0.1, 0.15) is 28.8 Å². The van der Waals surface area contributed by atoms with Crippen LogP contribution in [0.3, 0.4) is 0 Å². The van der Waals surface area contributed by atoms with Gasteiger partial charge in [0, 0.05) is 24.2 Å². The molecule has 1 saturated carbocycles. The molecule has 2 aromatic rings. The largest absolute Gasteiger partial charge is 0.496 e. The van der Waals surface area contributed by atoms with E-state index in [1.165, 1.54) is 31.5 Å². The number of benzene rings is 1. The Morgan fingerprint density at radius 1 is 1.48 bits per heavy atom. The maximum Gasteiger partial charge on any atom is 0.341 e. The first kappa shape index (κ1) is 15.2. The molecule has 1 aromatic carbocycles. The Balaban J connectivity index is 1.85. The van der Waals surface area contributed by atoms with Gasteiger partial charge in [0.05, 0.1) is 7.11 Å². The second-order valence-electron chi connectivity index (χ2n) is 5.38. The first-order valence-electron chi connectivity index (χ1n) is 7.25. The number of ether oxygens (including phenoxy) is 1. The molecule has 120 valence electrons. The molecule has 1 heterocycles. The number of methoxy groups -OCH3 is 1. The van der Waals surface area contributed by atoms with E-state index in [0.717, 1.165) is 12.8 Å². The van der Waals surface area contributed by atoms with Crippen molar-refractivity contribution in [3.8, 4) is 5.75 Å². The molecular weight excluding hydrogens is 301 g/mol. The van der Waals surface area contributed by atoms with E-state index >= 15 is 0 Å². The van der Waals surface area contributed by atoms with Gasteiger partial charge in [-0.2, -0.15) is 0 Å². The van der Waals surface area contributed by atoms with Crippen LogP contribution in [0, 0.1) is 5.82 Å². The summed E-state index contributed by atoms with van der Waals surface area (Å²) in [6, 6.07) is 4.18. The minimum atomic E-state index is -1.11. The number of nitrogens with zero attached hydrogens (tertiary/aromatic N) is 2. The topological polar surface area (TPSA) is 84.3 Å². The molecule has 1 fully saturated rings. The van der Waals surface area contributed by atoms with Crippen LogP contribution < -0.4 is 10.1 Å². The third-order valence-electron chi connectivity index (χ3n) is 3.67. The Morgan fingerprint density at radius 2 is 2.26 bits per heavy atom. The minimum Gasteiger partial charge on any atom is -0.496 e. The van der Waals surface area contributed by atoms with Gasteiger partial charge in [-0.3, -0.25) is 0 Å². The average Bonchev–Trinajstić information content (AvgIpc) is 3.37. The normalized spacial score (nSPS) is 13.7. The Morgan fingerprint density at radius 3 is 2.91 bits per heavy atom. The Kier molecular flexibility index (Phi) is 4.10. The highest BCUT2D eigenvalue weighted by Crippen LogP contribution is 2.38. The van der Waals surface area contributed by atoms with Crippen LogP contribution in [0.25, 0.3) is 0 Å². The molecule has 0 radical (unpaired) electrons. The van der Waals surface area contributed by atoms with E-state index in [9.17, 15) is 14.3 Å². The lowest BCUT2D eigenvalue weighted by Crippen LogP contribution is -2.11. The third-order valence-corrected chi connectivity index (χ3v) is 3.67. The van der Waals surface area contributed by atoms with Crippen LogP contribution in [-0.4, -0.2) is 28.2 Å². The molecule has 7 heteroatoms. The van der Waals surface area contributed by atoms with Crippen LogP contribution in [0.5, 0.6) is 5.75 Å². The first-order chi connectivity index (χ1) is 11.1. The van der Waals surface area contributed by atoms with E-state index in [1.54, 1.807) is 0 Å². The van der Waals surface area contributed by atoms with Crippen molar-refractivity contribution < 1.29 is 19.0 Å². The molecule has 0 unspecified atom stereocenters. The predicted molar refractivity (Wildman–Crippen MR) is 81.2 cm³/mol. The van der Waals surface area contributed by atoms with Crippen LogP contribution in [0.15, 0.2) is 24.4 Å². The molecule has 0 spiro atoms. The molecule has 6 nitrogen and oxygen atoms in total. The summed E-state index contributed by atoms with van der Waals surface area (Å²) in [6.07, 6.45) is 3.35. The summed E-state index contributed by atoms with van der Waals surface area (Å²) < 4.78 is 18.6. The van der Waals surface area contributed by atoms with Crippen molar-refractivity contribution in [2.75, 3.05) is 12.4 Å². The van der Waals surface area contributed by atoms with Crippen molar-refractivity contribution in [2.24, 2.45) is 0 Å². The molecule has 0 amide bonds. The third kappa shape index (κ3) is 3.39. The van der Waals surface area contributed by atoms with Gasteiger partial charge in [-0.15, -0.1) is 0 Å². The van der Waals surface area contributed by atoms with E-state index < -0.39 is 5.97 Å². The molecule has 0 aliphatic heterocycles. The van der Waals surface area contributed by atoms with Crippen LogP contribution in [-0.2, 0) is 6.54 Å². The average molecular weight is 317 g/mol. The van der Waals surface area contributed by atoms with Gasteiger partial charge in [-0.1, -0.05) is 0 Å². The Hall–Kier alpha value is -2.70. The van der Waals surface area contributed by atoms with Crippen LogP contribution in [0.4, 0.5) is 10.2 Å². The van der Waals surface area contributed by atoms with Crippen molar-refractivity contribution in [2.45, 2.75) is 25.3 Å². The van der Waals surface area contributed by atoms with Crippen molar-refractivity contribution in [1.82, 2.24) is 9.97 Å². The van der Waals surface area contributed by atoms with Gasteiger partial charge in [0.15, 0.2) is 0 Å². The summed E-state index contributed by atoms with van der Waals surface area (Å²) in [4.78, 5) is 19.7. The van der Waals surface area contributed by atoms with Crippen molar-refractivity contribution in [3.63, 3.8) is 0 Å². The number of carboxylic acids is 1. The van der Waals surface area contributed by atoms with Crippen molar-refractivity contribution >= 4 is 11.8 Å². The molecule has 23 heavy (non-hydrogen) atoms. The fraction of sp³-hybridized carbons (Fsp3) is 0.312. The molecule has 0 bridgehead atoms. The van der Waals surface area contributed by atoms with E-state index in [0.29, 0.717) is 23.1 Å². The highest BCUT2D eigenvalue weighted by atomic mass is 19.1. The fourth-order valence-corrected chi connectivity index (χ4v) is 2.29. The highest BCUT2D eigenvalue weighted by Gasteiger charge is 2.28. The lowest BCUT2D eigenvalue weighted by molar-refractivity contribution is 0.0697. The second-order valence-corrected chi connectivity index (χ2v) is 5.38. The number of halogens is 1. The van der Waals surface area contributed by atoms with Crippen LogP contribution >= 0.6 is 0 Å². The second kappa shape index (κ2) is 6.20. The number of carboxylic acid groups (broad SMARTS) is 1. The SMILES string of the molecule is COc1ccc(F)cc1CNc1nc(C2CC2)ncc1C(=O)O. The number of hydrogen-bond donors (Lipinski definition) is 2. The summed E-state index contributed by atoms with van der Waals surface area (Å²) in [5.74, 6) is 0.210. The molecule has 1 aliphatic carbocycles. The molecular formula is C16H16FN3O3. The lowest BCUT2D eigenvalue weighted by Gasteiger charge is -2.12. The number of hydrogen-bond acceptors (Lipinski definition) is 5. The number of carbonyl (C=O) groups is 1. The standard InChI is InChI=1S/C16H16FN3O3/c1-23-13-5-4-11(17)6-10(13)7-18-15-12(16(21)22)8-19-14(20-15)9-2-3-9/h4-6,8-9H,2-3,7H2,1H3,(H,21,22)(H,18,19,20). The number of aromatic nitrogens is 2. The number of nitrogens with one attached hydrogen (secondary N) is 1. The predicted octanol–water partition coefficient (Wildman–Crippen LogP) is 2.81. The molecule has 0 atom stereocenters. The zero-order valence-corrected chi connectivity index (χ0v) is 12.5. The molecule has 0 saturated heterocycles. The van der Waals surface area contributed by atoms with Gasteiger partial charge in [-0.05, 0) is 31.0 Å². The molecule has 3 rings (SSSR count). The van der Waals surface area contributed by atoms with E-state index in [1.807, 2.05) is 0 Å². The minimum absolute atomic E-state index is 0.00947. The summed E-state index contributed by atoms with van der Waals surface area (Å²) in [5.41, 5.74) is 0.570. The Bertz CT molecular complexity index is 747. The quantitative estimate of drug-likeness (QED) is 0.852. The molecule has 1 aromatic heterocycles. The summed E-state index contributed by atoms with van der Waals surface area (Å²) in [7, 11) is 1.50. The van der Waals surface area contributed by atoms with Gasteiger partial charge in [0.2, 0.25) is 0 Å². The molecule has 2 N–H and O–H groups in total. The number of anilines is 1. The number of rotatable bonds is 6.